The molecule has 11 heavy (non-hydrogen) atoms. The summed E-state index contributed by atoms with van der Waals surface area (Å²) >= 11 is 0. The van der Waals surface area contributed by atoms with E-state index in [0.29, 0.717) is 11.3 Å². The largest absolute Gasteiger partial charge is 1.00 e. The number of aromatic carboxylic acids is 1. The van der Waals surface area contributed by atoms with Gasteiger partial charge in [0.25, 0.3) is 0 Å². The minimum absolute atomic E-state index is 0. The van der Waals surface area contributed by atoms with Crippen molar-refractivity contribution in [2.45, 2.75) is 6.92 Å². The fraction of sp³-hybridized carbons (Fsp3) is 0.167. The van der Waals surface area contributed by atoms with Gasteiger partial charge in [-0.15, -0.1) is 0 Å². The quantitative estimate of drug-likeness (QED) is 0.446. The molecule has 0 atom stereocenters. The molecule has 0 unspecified atom stereocenters. The van der Waals surface area contributed by atoms with E-state index < -0.39 is 5.97 Å². The Morgan fingerprint density at radius 3 is 2.36 bits per heavy atom. The van der Waals surface area contributed by atoms with Gasteiger partial charge < -0.3 is 15.6 Å². The van der Waals surface area contributed by atoms with Crippen LogP contribution in [0.15, 0.2) is 12.3 Å². The maximum atomic E-state index is 10.3. The van der Waals surface area contributed by atoms with Crippen molar-refractivity contribution in [2.24, 2.45) is 0 Å². The van der Waals surface area contributed by atoms with E-state index in [4.69, 9.17) is 5.11 Å². The van der Waals surface area contributed by atoms with E-state index in [-0.39, 0.29) is 24.3 Å². The summed E-state index contributed by atoms with van der Waals surface area (Å²) in [6.07, 6.45) is 1.61. The van der Waals surface area contributed by atoms with E-state index in [0.717, 1.165) is 0 Å². The Labute approximate surface area is 76.1 Å². The Morgan fingerprint density at radius 1 is 1.64 bits per heavy atom. The third-order valence-corrected chi connectivity index (χ3v) is 1.18. The van der Waals surface area contributed by atoms with Gasteiger partial charge >= 0.3 is 24.8 Å². The van der Waals surface area contributed by atoms with Gasteiger partial charge in [-0.05, 0) is 13.0 Å². The number of carboxylic acids is 1. The zero-order valence-electron chi connectivity index (χ0n) is 6.46. The van der Waals surface area contributed by atoms with Gasteiger partial charge in [0.1, 0.15) is 0 Å². The first-order valence-electron chi connectivity index (χ1n) is 2.59. The first-order chi connectivity index (χ1) is 4.22. The molecule has 0 spiro atoms. The molecule has 0 aliphatic rings. The van der Waals surface area contributed by atoms with E-state index in [1.54, 1.807) is 13.1 Å². The number of carboxylic acid groups (broad SMARTS) is 1. The summed E-state index contributed by atoms with van der Waals surface area (Å²) in [5.41, 5.74) is 1.04. The van der Waals surface area contributed by atoms with Gasteiger partial charge in [-0.2, -0.15) is 0 Å². The standard InChI is InChI=1S/C6H7NO2.Li.H2O/c1-4-5(6(8)9)2-3-7-4;;/h2-3,7H,1H3,(H,8,9);;1H2/q;+1;/p-1. The van der Waals surface area contributed by atoms with Crippen LogP contribution in [0.1, 0.15) is 16.1 Å². The van der Waals surface area contributed by atoms with E-state index in [1.165, 1.54) is 6.07 Å². The van der Waals surface area contributed by atoms with Gasteiger partial charge in [0.05, 0.1) is 5.56 Å². The molecule has 56 valence electrons. The molecule has 4 nitrogen and oxygen atoms in total. The van der Waals surface area contributed by atoms with Crippen LogP contribution < -0.4 is 18.9 Å². The Morgan fingerprint density at radius 2 is 2.18 bits per heavy atom. The van der Waals surface area contributed by atoms with Gasteiger partial charge in [-0.3, -0.25) is 0 Å². The molecule has 1 heterocycles. The minimum Gasteiger partial charge on any atom is -0.870 e. The van der Waals surface area contributed by atoms with Gasteiger partial charge in [0.15, 0.2) is 0 Å². The Hall–Kier alpha value is -0.693. The summed E-state index contributed by atoms with van der Waals surface area (Å²) in [6.45, 7) is 1.73. The molecule has 0 aromatic carbocycles. The second-order valence-corrected chi connectivity index (χ2v) is 1.82. The number of aromatic nitrogens is 1. The van der Waals surface area contributed by atoms with Gasteiger partial charge in [-0.25, -0.2) is 4.79 Å². The minimum atomic E-state index is -0.881. The van der Waals surface area contributed by atoms with Crippen LogP contribution in [-0.4, -0.2) is 21.5 Å². The molecule has 0 bridgehead atoms. The van der Waals surface area contributed by atoms with Crippen LogP contribution in [0.4, 0.5) is 0 Å². The van der Waals surface area contributed by atoms with Crippen LogP contribution in [0.2, 0.25) is 0 Å². The predicted molar refractivity (Wildman–Crippen MR) is 34.4 cm³/mol. The van der Waals surface area contributed by atoms with Crippen LogP contribution in [0, 0.1) is 6.92 Å². The van der Waals surface area contributed by atoms with E-state index in [1.807, 2.05) is 0 Å². The Balaban J connectivity index is 0. The van der Waals surface area contributed by atoms with E-state index >= 15 is 0 Å². The second-order valence-electron chi connectivity index (χ2n) is 1.82. The van der Waals surface area contributed by atoms with Crippen LogP contribution >= 0.6 is 0 Å². The number of H-pyrrole nitrogens is 1. The molecule has 0 saturated carbocycles. The molecule has 5 heteroatoms. The van der Waals surface area contributed by atoms with E-state index in [2.05, 4.69) is 4.98 Å². The summed E-state index contributed by atoms with van der Waals surface area (Å²) in [5, 5.41) is 8.43. The van der Waals surface area contributed by atoms with Crippen LogP contribution in [-0.2, 0) is 0 Å². The summed E-state index contributed by atoms with van der Waals surface area (Å²) in [7, 11) is 0. The third-order valence-electron chi connectivity index (χ3n) is 1.18. The predicted octanol–water partition coefficient (Wildman–Crippen LogP) is -2.15. The van der Waals surface area contributed by atoms with Crippen molar-refractivity contribution in [1.82, 2.24) is 4.98 Å². The number of aryl methyl sites for hydroxylation is 1. The van der Waals surface area contributed by atoms with Gasteiger partial charge in [0, 0.05) is 11.9 Å². The fourth-order valence-corrected chi connectivity index (χ4v) is 0.684. The van der Waals surface area contributed by atoms with Gasteiger partial charge in [-0.1, -0.05) is 0 Å². The average molecular weight is 149 g/mol. The molecule has 0 aliphatic carbocycles. The zero-order chi connectivity index (χ0) is 6.85. The number of rotatable bonds is 1. The SMILES string of the molecule is Cc1[nH]ccc1C(=O)O.[Li+].[OH-]. The fourth-order valence-electron chi connectivity index (χ4n) is 0.684. The van der Waals surface area contributed by atoms with Gasteiger partial charge in [0.2, 0.25) is 0 Å². The zero-order valence-corrected chi connectivity index (χ0v) is 6.46. The monoisotopic (exact) mass is 149 g/mol. The Bertz CT molecular complexity index is 233. The average Bonchev–Trinajstić information content (AvgIpc) is 2.13. The van der Waals surface area contributed by atoms with Crippen LogP contribution in [0.5, 0.6) is 0 Å². The summed E-state index contributed by atoms with van der Waals surface area (Å²) in [4.78, 5) is 13.0. The molecule has 0 aliphatic heterocycles. The van der Waals surface area contributed by atoms with Crippen molar-refractivity contribution >= 4 is 5.97 Å². The van der Waals surface area contributed by atoms with Crippen molar-refractivity contribution in [3.8, 4) is 0 Å². The number of hydrogen-bond acceptors (Lipinski definition) is 2. The van der Waals surface area contributed by atoms with Crippen LogP contribution in [0.25, 0.3) is 0 Å². The number of carbonyl (C=O) groups is 1. The van der Waals surface area contributed by atoms with Crippen molar-refractivity contribution in [1.29, 1.82) is 0 Å². The molecule has 1 aromatic rings. The first-order valence-corrected chi connectivity index (χ1v) is 2.59. The van der Waals surface area contributed by atoms with Crippen LogP contribution in [0.3, 0.4) is 0 Å². The molecule has 0 amide bonds. The second kappa shape index (κ2) is 5.02. The maximum Gasteiger partial charge on any atom is 1.00 e. The van der Waals surface area contributed by atoms with Crippen molar-refractivity contribution in [3.63, 3.8) is 0 Å². The summed E-state index contributed by atoms with van der Waals surface area (Å²) in [6, 6.07) is 1.54. The first kappa shape index (κ1) is 12.9. The summed E-state index contributed by atoms with van der Waals surface area (Å²) in [5.74, 6) is -0.881. The maximum absolute atomic E-state index is 10.3. The van der Waals surface area contributed by atoms with Crippen molar-refractivity contribution < 1.29 is 34.2 Å². The van der Waals surface area contributed by atoms with E-state index in [9.17, 15) is 4.79 Å². The molecular weight excluding hydrogens is 141 g/mol. The van der Waals surface area contributed by atoms with Crippen molar-refractivity contribution in [2.75, 3.05) is 0 Å². The Kier molecular flexibility index (Phi) is 5.91. The van der Waals surface area contributed by atoms with Crippen molar-refractivity contribution in [3.05, 3.63) is 23.5 Å². The summed E-state index contributed by atoms with van der Waals surface area (Å²) < 4.78 is 0. The molecular formula is C6H8LiNO3. The topological polar surface area (TPSA) is 83.1 Å². The smallest absolute Gasteiger partial charge is 0.870 e. The number of nitrogens with one attached hydrogen (secondary N) is 1. The number of aromatic amines is 1. The third kappa shape index (κ3) is 2.81. The molecule has 0 radical (unpaired) electrons. The molecule has 0 fully saturated rings. The molecule has 1 aromatic heterocycles. The number of hydrogen-bond donors (Lipinski definition) is 2. The molecule has 3 N–H and O–H groups in total. The normalized spacial score (nSPS) is 7.73. The molecule has 0 saturated heterocycles. The molecule has 1 rings (SSSR count).